The van der Waals surface area contributed by atoms with E-state index in [1.807, 2.05) is 26.0 Å². The summed E-state index contributed by atoms with van der Waals surface area (Å²) >= 11 is 6.20. The molecule has 1 heterocycles. The largest absolute Gasteiger partial charge is 0.339 e. The fourth-order valence-corrected chi connectivity index (χ4v) is 2.10. The van der Waals surface area contributed by atoms with E-state index in [2.05, 4.69) is 16.4 Å². The van der Waals surface area contributed by atoms with Gasteiger partial charge >= 0.3 is 0 Å². The van der Waals surface area contributed by atoms with Crippen LogP contribution in [0.2, 0.25) is 5.02 Å². The predicted molar refractivity (Wildman–Crippen MR) is 73.2 cm³/mol. The number of benzene rings is 1. The molecule has 1 aromatic heterocycles. The molecular weight excluding hydrogens is 246 g/mol. The van der Waals surface area contributed by atoms with Crippen molar-refractivity contribution < 1.29 is 0 Å². The Bertz CT molecular complexity index is 589. The van der Waals surface area contributed by atoms with Gasteiger partial charge in [0.05, 0.1) is 16.3 Å². The number of hydrogen-bond acceptors (Lipinski definition) is 3. The molecule has 3 nitrogen and oxygen atoms in total. The van der Waals surface area contributed by atoms with Crippen LogP contribution in [0.15, 0.2) is 30.5 Å². The maximum Gasteiger partial charge on any atom is 0.130 e. The fourth-order valence-electron chi connectivity index (χ4n) is 1.74. The van der Waals surface area contributed by atoms with E-state index in [0.717, 1.165) is 16.8 Å². The summed E-state index contributed by atoms with van der Waals surface area (Å²) in [4.78, 5) is 4.16. The van der Waals surface area contributed by atoms with Crippen LogP contribution in [0.4, 0.5) is 11.5 Å². The average Bonchev–Trinajstić information content (AvgIpc) is 2.34. The number of nitrogens with one attached hydrogen (secondary N) is 1. The van der Waals surface area contributed by atoms with Crippen LogP contribution in [-0.2, 0) is 0 Å². The van der Waals surface area contributed by atoms with E-state index in [1.165, 1.54) is 6.20 Å². The summed E-state index contributed by atoms with van der Waals surface area (Å²) in [6.45, 7) is 3.99. The molecule has 0 radical (unpaired) electrons. The van der Waals surface area contributed by atoms with Gasteiger partial charge in [-0.05, 0) is 43.2 Å². The number of anilines is 2. The molecule has 1 N–H and O–H groups in total. The van der Waals surface area contributed by atoms with E-state index in [9.17, 15) is 0 Å². The molecule has 0 spiro atoms. The SMILES string of the molecule is Cc1cc(C)c(Nc2ccc(C#N)cn2)c(Cl)c1. The van der Waals surface area contributed by atoms with Crippen molar-refractivity contribution in [2.24, 2.45) is 0 Å². The lowest BCUT2D eigenvalue weighted by Gasteiger charge is -2.11. The Balaban J connectivity index is 2.31. The van der Waals surface area contributed by atoms with E-state index in [0.29, 0.717) is 16.4 Å². The zero-order valence-corrected chi connectivity index (χ0v) is 10.9. The van der Waals surface area contributed by atoms with Crippen LogP contribution in [-0.4, -0.2) is 4.98 Å². The van der Waals surface area contributed by atoms with Crippen molar-refractivity contribution in [2.75, 3.05) is 5.32 Å². The van der Waals surface area contributed by atoms with E-state index < -0.39 is 0 Å². The zero-order valence-electron chi connectivity index (χ0n) is 10.2. The molecule has 0 bridgehead atoms. The first-order chi connectivity index (χ1) is 8.60. The summed E-state index contributed by atoms with van der Waals surface area (Å²) < 4.78 is 0. The second kappa shape index (κ2) is 5.07. The predicted octanol–water partition coefficient (Wildman–Crippen LogP) is 3.97. The Hall–Kier alpha value is -2.05. The minimum Gasteiger partial charge on any atom is -0.339 e. The molecular formula is C14H12ClN3. The Morgan fingerprint density at radius 2 is 2.06 bits per heavy atom. The first kappa shape index (κ1) is 12.4. The topological polar surface area (TPSA) is 48.7 Å². The van der Waals surface area contributed by atoms with Gasteiger partial charge in [-0.1, -0.05) is 17.7 Å². The van der Waals surface area contributed by atoms with Crippen LogP contribution in [0.3, 0.4) is 0 Å². The van der Waals surface area contributed by atoms with Crippen molar-refractivity contribution in [1.29, 1.82) is 5.26 Å². The number of halogens is 1. The smallest absolute Gasteiger partial charge is 0.130 e. The summed E-state index contributed by atoms with van der Waals surface area (Å²) in [5.41, 5.74) is 3.56. The first-order valence-electron chi connectivity index (χ1n) is 5.50. The third-order valence-corrected chi connectivity index (χ3v) is 2.88. The lowest BCUT2D eigenvalue weighted by molar-refractivity contribution is 1.27. The highest BCUT2D eigenvalue weighted by Crippen LogP contribution is 2.29. The van der Waals surface area contributed by atoms with Crippen LogP contribution >= 0.6 is 11.6 Å². The fraction of sp³-hybridized carbons (Fsp3) is 0.143. The number of nitriles is 1. The molecule has 0 amide bonds. The minimum absolute atomic E-state index is 0.535. The van der Waals surface area contributed by atoms with Gasteiger partial charge in [-0.2, -0.15) is 5.26 Å². The molecule has 0 saturated heterocycles. The Morgan fingerprint density at radius 3 is 2.61 bits per heavy atom. The highest BCUT2D eigenvalue weighted by atomic mass is 35.5. The van der Waals surface area contributed by atoms with Gasteiger partial charge in [0.2, 0.25) is 0 Å². The first-order valence-corrected chi connectivity index (χ1v) is 5.88. The van der Waals surface area contributed by atoms with Gasteiger partial charge in [0.15, 0.2) is 0 Å². The van der Waals surface area contributed by atoms with E-state index in [-0.39, 0.29) is 0 Å². The van der Waals surface area contributed by atoms with Crippen molar-refractivity contribution in [1.82, 2.24) is 4.98 Å². The molecule has 1 aromatic carbocycles. The third kappa shape index (κ3) is 2.61. The van der Waals surface area contributed by atoms with E-state index in [4.69, 9.17) is 16.9 Å². The maximum absolute atomic E-state index is 8.71. The van der Waals surface area contributed by atoms with Crippen LogP contribution in [0.1, 0.15) is 16.7 Å². The van der Waals surface area contributed by atoms with Crippen molar-refractivity contribution in [3.05, 3.63) is 52.2 Å². The lowest BCUT2D eigenvalue weighted by atomic mass is 10.1. The van der Waals surface area contributed by atoms with Gasteiger partial charge in [-0.15, -0.1) is 0 Å². The number of aryl methyl sites for hydroxylation is 2. The van der Waals surface area contributed by atoms with Gasteiger partial charge in [0.1, 0.15) is 11.9 Å². The highest BCUT2D eigenvalue weighted by Gasteiger charge is 2.06. The molecule has 18 heavy (non-hydrogen) atoms. The van der Waals surface area contributed by atoms with Crippen molar-refractivity contribution in [3.8, 4) is 6.07 Å². The second-order valence-electron chi connectivity index (χ2n) is 4.11. The van der Waals surface area contributed by atoms with Gasteiger partial charge in [-0.25, -0.2) is 4.98 Å². The number of aromatic nitrogens is 1. The van der Waals surface area contributed by atoms with Crippen molar-refractivity contribution in [2.45, 2.75) is 13.8 Å². The monoisotopic (exact) mass is 257 g/mol. The van der Waals surface area contributed by atoms with Gasteiger partial charge < -0.3 is 5.32 Å². The van der Waals surface area contributed by atoms with Gasteiger partial charge in [0.25, 0.3) is 0 Å². The third-order valence-electron chi connectivity index (χ3n) is 2.58. The lowest BCUT2D eigenvalue weighted by Crippen LogP contribution is -1.97. The minimum atomic E-state index is 0.535. The molecule has 0 aliphatic rings. The quantitative estimate of drug-likeness (QED) is 0.886. The zero-order chi connectivity index (χ0) is 13.1. The molecule has 4 heteroatoms. The van der Waals surface area contributed by atoms with Crippen LogP contribution < -0.4 is 5.32 Å². The van der Waals surface area contributed by atoms with E-state index >= 15 is 0 Å². The standard InChI is InChI=1S/C14H12ClN3/c1-9-5-10(2)14(12(15)6-9)18-13-4-3-11(7-16)8-17-13/h3-6,8H,1-2H3,(H,17,18). The summed E-state index contributed by atoms with van der Waals surface area (Å²) in [5.74, 6) is 0.669. The van der Waals surface area contributed by atoms with Gasteiger partial charge in [0, 0.05) is 6.20 Å². The molecule has 2 aromatic rings. The molecule has 0 unspecified atom stereocenters. The Labute approximate surface area is 111 Å². The normalized spacial score (nSPS) is 9.89. The molecule has 0 fully saturated rings. The molecule has 2 rings (SSSR count). The number of pyridine rings is 1. The Morgan fingerprint density at radius 1 is 1.28 bits per heavy atom. The second-order valence-corrected chi connectivity index (χ2v) is 4.51. The summed E-state index contributed by atoms with van der Waals surface area (Å²) in [6, 6.07) is 9.46. The van der Waals surface area contributed by atoms with Crippen LogP contribution in [0.25, 0.3) is 0 Å². The summed E-state index contributed by atoms with van der Waals surface area (Å²) in [5, 5.41) is 12.5. The molecule has 90 valence electrons. The van der Waals surface area contributed by atoms with Crippen molar-refractivity contribution >= 4 is 23.1 Å². The summed E-state index contributed by atoms with van der Waals surface area (Å²) in [7, 11) is 0. The average molecular weight is 258 g/mol. The summed E-state index contributed by atoms with van der Waals surface area (Å²) in [6.07, 6.45) is 1.53. The van der Waals surface area contributed by atoms with Gasteiger partial charge in [-0.3, -0.25) is 0 Å². The molecule has 0 aliphatic heterocycles. The van der Waals surface area contributed by atoms with Crippen molar-refractivity contribution in [3.63, 3.8) is 0 Å². The number of rotatable bonds is 2. The van der Waals surface area contributed by atoms with E-state index in [1.54, 1.807) is 12.1 Å². The maximum atomic E-state index is 8.71. The molecule has 0 atom stereocenters. The molecule has 0 saturated carbocycles. The highest BCUT2D eigenvalue weighted by molar-refractivity contribution is 6.33. The Kier molecular flexibility index (Phi) is 3.50. The number of nitrogens with zero attached hydrogens (tertiary/aromatic N) is 2. The number of hydrogen-bond donors (Lipinski definition) is 1. The van der Waals surface area contributed by atoms with Crippen LogP contribution in [0.5, 0.6) is 0 Å². The molecule has 0 aliphatic carbocycles. The van der Waals surface area contributed by atoms with Crippen LogP contribution in [0, 0.1) is 25.2 Å².